The van der Waals surface area contributed by atoms with E-state index in [-0.39, 0.29) is 12.5 Å². The molecule has 1 atom stereocenters. The van der Waals surface area contributed by atoms with Gasteiger partial charge in [-0.25, -0.2) is 4.79 Å². The third kappa shape index (κ3) is 4.50. The molecule has 0 spiro atoms. The number of ether oxygens (including phenoxy) is 2. The third-order valence-electron chi connectivity index (χ3n) is 4.95. The number of rotatable bonds is 6. The van der Waals surface area contributed by atoms with Crippen molar-refractivity contribution in [1.82, 2.24) is 0 Å². The lowest BCUT2D eigenvalue weighted by atomic mass is 9.86. The Morgan fingerprint density at radius 3 is 2.85 bits per heavy atom. The van der Waals surface area contributed by atoms with Crippen LogP contribution in [0.25, 0.3) is 0 Å². The minimum atomic E-state index is -0.391. The SMILES string of the molecule is CC[C@@H]1CCc2c(sc(NC(=O)COc3cccc(C)c3)c2C(=O)OC)C1. The molecule has 0 saturated heterocycles. The molecule has 27 heavy (non-hydrogen) atoms. The number of carbonyl (C=O) groups excluding carboxylic acids is 2. The number of hydrogen-bond acceptors (Lipinski definition) is 5. The maximum Gasteiger partial charge on any atom is 0.341 e. The number of benzene rings is 1. The van der Waals surface area contributed by atoms with Crippen LogP contribution in [0.15, 0.2) is 24.3 Å². The summed E-state index contributed by atoms with van der Waals surface area (Å²) in [7, 11) is 1.37. The number of methoxy groups -OCH3 is 1. The first kappa shape index (κ1) is 19.4. The molecule has 0 bridgehead atoms. The van der Waals surface area contributed by atoms with Gasteiger partial charge >= 0.3 is 5.97 Å². The van der Waals surface area contributed by atoms with Gasteiger partial charge in [-0.3, -0.25) is 4.79 Å². The molecule has 0 saturated carbocycles. The molecule has 0 unspecified atom stereocenters. The Hall–Kier alpha value is -2.34. The Morgan fingerprint density at radius 2 is 2.15 bits per heavy atom. The van der Waals surface area contributed by atoms with Crippen LogP contribution in [0.4, 0.5) is 5.00 Å². The van der Waals surface area contributed by atoms with Crippen molar-refractivity contribution in [3.8, 4) is 5.75 Å². The highest BCUT2D eigenvalue weighted by atomic mass is 32.1. The molecule has 1 amide bonds. The maximum atomic E-state index is 12.4. The van der Waals surface area contributed by atoms with Crippen LogP contribution in [0.3, 0.4) is 0 Å². The molecule has 1 aromatic carbocycles. The van der Waals surface area contributed by atoms with Crippen molar-refractivity contribution in [3.05, 3.63) is 45.8 Å². The van der Waals surface area contributed by atoms with Crippen LogP contribution in [0.2, 0.25) is 0 Å². The molecule has 3 rings (SSSR count). The van der Waals surface area contributed by atoms with Crippen LogP contribution in [0.5, 0.6) is 5.75 Å². The first-order valence-corrected chi connectivity index (χ1v) is 10.1. The van der Waals surface area contributed by atoms with Gasteiger partial charge in [0.25, 0.3) is 5.91 Å². The molecule has 0 radical (unpaired) electrons. The van der Waals surface area contributed by atoms with E-state index in [0.717, 1.165) is 36.8 Å². The van der Waals surface area contributed by atoms with Gasteiger partial charge in [0, 0.05) is 4.88 Å². The molecule has 6 heteroatoms. The van der Waals surface area contributed by atoms with Gasteiger partial charge in [-0.2, -0.15) is 0 Å². The predicted octanol–water partition coefficient (Wildman–Crippen LogP) is 4.38. The minimum Gasteiger partial charge on any atom is -0.484 e. The predicted molar refractivity (Wildman–Crippen MR) is 107 cm³/mol. The monoisotopic (exact) mass is 387 g/mol. The second-order valence-electron chi connectivity index (χ2n) is 6.87. The summed E-state index contributed by atoms with van der Waals surface area (Å²) in [5.74, 6) is 0.606. The topological polar surface area (TPSA) is 64.6 Å². The van der Waals surface area contributed by atoms with Gasteiger partial charge in [0.05, 0.1) is 12.7 Å². The first-order chi connectivity index (χ1) is 13.0. The van der Waals surface area contributed by atoms with Crippen molar-refractivity contribution >= 4 is 28.2 Å². The van der Waals surface area contributed by atoms with Crippen molar-refractivity contribution in [2.45, 2.75) is 39.5 Å². The molecule has 0 fully saturated rings. The molecule has 1 aliphatic carbocycles. The fourth-order valence-electron chi connectivity index (χ4n) is 3.43. The molecule has 144 valence electrons. The lowest BCUT2D eigenvalue weighted by Gasteiger charge is -2.20. The van der Waals surface area contributed by atoms with E-state index in [0.29, 0.717) is 22.2 Å². The van der Waals surface area contributed by atoms with Crippen LogP contribution in [0.1, 0.15) is 46.1 Å². The highest BCUT2D eigenvalue weighted by Gasteiger charge is 2.29. The van der Waals surface area contributed by atoms with Crippen LogP contribution in [0, 0.1) is 12.8 Å². The van der Waals surface area contributed by atoms with E-state index in [1.807, 2.05) is 31.2 Å². The smallest absolute Gasteiger partial charge is 0.341 e. The number of nitrogens with one attached hydrogen (secondary N) is 1. The minimum absolute atomic E-state index is 0.107. The number of amides is 1. The van der Waals surface area contributed by atoms with E-state index in [1.54, 1.807) is 0 Å². The molecule has 1 N–H and O–H groups in total. The summed E-state index contributed by atoms with van der Waals surface area (Å²) in [6.45, 7) is 4.05. The fraction of sp³-hybridized carbons (Fsp3) is 0.429. The third-order valence-corrected chi connectivity index (χ3v) is 6.12. The Morgan fingerprint density at radius 1 is 1.33 bits per heavy atom. The normalized spacial score (nSPS) is 15.7. The van der Waals surface area contributed by atoms with Crippen molar-refractivity contribution in [1.29, 1.82) is 0 Å². The molecule has 1 heterocycles. The Kier molecular flexibility index (Phi) is 6.16. The summed E-state index contributed by atoms with van der Waals surface area (Å²) >= 11 is 1.49. The largest absolute Gasteiger partial charge is 0.484 e. The zero-order chi connectivity index (χ0) is 19.4. The first-order valence-electron chi connectivity index (χ1n) is 9.24. The van der Waals surface area contributed by atoms with Gasteiger partial charge in [-0.05, 0) is 55.4 Å². The standard InChI is InChI=1S/C21H25NO4S/c1-4-14-8-9-16-17(11-14)27-20(19(16)21(24)25-3)22-18(23)12-26-15-7-5-6-13(2)10-15/h5-7,10,14H,4,8-9,11-12H2,1-3H3,(H,22,23)/t14-/m1/s1. The average molecular weight is 388 g/mol. The van der Waals surface area contributed by atoms with Gasteiger partial charge < -0.3 is 14.8 Å². The summed E-state index contributed by atoms with van der Waals surface area (Å²) < 4.78 is 10.5. The van der Waals surface area contributed by atoms with E-state index in [9.17, 15) is 9.59 Å². The summed E-state index contributed by atoms with van der Waals surface area (Å²) in [4.78, 5) is 25.9. The Balaban J connectivity index is 1.74. The van der Waals surface area contributed by atoms with Gasteiger partial charge in [-0.15, -0.1) is 11.3 Å². The van der Waals surface area contributed by atoms with E-state index >= 15 is 0 Å². The van der Waals surface area contributed by atoms with Crippen LogP contribution in [-0.4, -0.2) is 25.6 Å². The lowest BCUT2D eigenvalue weighted by Crippen LogP contribution is -2.21. The van der Waals surface area contributed by atoms with Crippen LogP contribution in [-0.2, 0) is 22.4 Å². The number of hydrogen-bond donors (Lipinski definition) is 1. The zero-order valence-corrected chi connectivity index (χ0v) is 16.8. The number of aryl methyl sites for hydroxylation is 1. The number of carbonyl (C=O) groups is 2. The number of fused-ring (bicyclic) bond motifs is 1. The van der Waals surface area contributed by atoms with Crippen molar-refractivity contribution in [2.24, 2.45) is 5.92 Å². The second-order valence-corrected chi connectivity index (χ2v) is 7.98. The van der Waals surface area contributed by atoms with Crippen molar-refractivity contribution in [3.63, 3.8) is 0 Å². The van der Waals surface area contributed by atoms with E-state index < -0.39 is 5.97 Å². The summed E-state index contributed by atoms with van der Waals surface area (Å²) in [5, 5.41) is 3.43. The maximum absolute atomic E-state index is 12.4. The number of anilines is 1. The van der Waals surface area contributed by atoms with Gasteiger partial charge in [-0.1, -0.05) is 25.5 Å². The van der Waals surface area contributed by atoms with Gasteiger partial charge in [0.15, 0.2) is 6.61 Å². The highest BCUT2D eigenvalue weighted by Crippen LogP contribution is 2.40. The second kappa shape index (κ2) is 8.57. The van der Waals surface area contributed by atoms with Crippen LogP contribution < -0.4 is 10.1 Å². The Bertz CT molecular complexity index is 843. The summed E-state index contributed by atoms with van der Waals surface area (Å²) in [6.07, 6.45) is 3.99. The summed E-state index contributed by atoms with van der Waals surface area (Å²) in [5.41, 5.74) is 2.61. The zero-order valence-electron chi connectivity index (χ0n) is 16.0. The molecule has 1 aliphatic rings. The van der Waals surface area contributed by atoms with Gasteiger partial charge in [0.1, 0.15) is 10.8 Å². The fourth-order valence-corrected chi connectivity index (χ4v) is 4.79. The molecule has 5 nitrogen and oxygen atoms in total. The Labute approximate surface area is 163 Å². The summed E-state index contributed by atoms with van der Waals surface area (Å²) in [6, 6.07) is 7.54. The average Bonchev–Trinajstić information content (AvgIpc) is 3.02. The molecule has 1 aromatic heterocycles. The van der Waals surface area contributed by atoms with Crippen molar-refractivity contribution < 1.29 is 19.1 Å². The molecular weight excluding hydrogens is 362 g/mol. The van der Waals surface area contributed by atoms with Gasteiger partial charge in [0.2, 0.25) is 0 Å². The number of esters is 1. The van der Waals surface area contributed by atoms with Crippen molar-refractivity contribution in [2.75, 3.05) is 19.0 Å². The highest BCUT2D eigenvalue weighted by molar-refractivity contribution is 7.17. The quantitative estimate of drug-likeness (QED) is 0.747. The lowest BCUT2D eigenvalue weighted by molar-refractivity contribution is -0.118. The molecule has 0 aliphatic heterocycles. The van der Waals surface area contributed by atoms with E-state index in [4.69, 9.17) is 9.47 Å². The van der Waals surface area contributed by atoms with E-state index in [2.05, 4.69) is 12.2 Å². The number of thiophene rings is 1. The molecular formula is C21H25NO4S. The van der Waals surface area contributed by atoms with E-state index in [1.165, 1.54) is 23.3 Å². The molecule has 2 aromatic rings. The van der Waals surface area contributed by atoms with Crippen LogP contribution >= 0.6 is 11.3 Å².